The molecule has 3 aromatic carbocycles. The molecule has 0 amide bonds. The summed E-state index contributed by atoms with van der Waals surface area (Å²) >= 11 is 0. The minimum absolute atomic E-state index is 0.0875. The number of ether oxygens (including phenoxy) is 4. The van der Waals surface area contributed by atoms with Gasteiger partial charge in [0.15, 0.2) is 0 Å². The molecule has 51 heavy (non-hydrogen) atoms. The number of methoxy groups -OCH3 is 1. The van der Waals surface area contributed by atoms with Crippen LogP contribution in [0.25, 0.3) is 0 Å². The number of rotatable bonds is 15. The molecule has 0 N–H and O–H groups in total. The first-order valence-corrected chi connectivity index (χ1v) is 18.9. The van der Waals surface area contributed by atoms with Gasteiger partial charge in [0.2, 0.25) is 0 Å². The van der Waals surface area contributed by atoms with Gasteiger partial charge in [-0.25, -0.2) is 9.59 Å². The number of carbonyl (C=O) groups is 2. The van der Waals surface area contributed by atoms with E-state index in [1.807, 2.05) is 36.4 Å². The first kappa shape index (κ1) is 37.7. The van der Waals surface area contributed by atoms with Gasteiger partial charge in [0, 0.05) is 24.0 Å². The van der Waals surface area contributed by atoms with Gasteiger partial charge in [-0.3, -0.25) is 0 Å². The number of hydrogen-bond acceptors (Lipinski definition) is 6. The molecule has 3 aromatic rings. The molecule has 2 aliphatic rings. The van der Waals surface area contributed by atoms with Crippen molar-refractivity contribution in [3.8, 4) is 29.1 Å². The molecule has 6 nitrogen and oxygen atoms in total. The summed E-state index contributed by atoms with van der Waals surface area (Å²) in [5.41, 5.74) is 2.55. The van der Waals surface area contributed by atoms with Crippen molar-refractivity contribution in [3.63, 3.8) is 0 Å². The molecule has 0 aliphatic heterocycles. The van der Waals surface area contributed by atoms with E-state index in [2.05, 4.69) is 37.5 Å². The minimum atomic E-state index is -0.451. The fourth-order valence-corrected chi connectivity index (χ4v) is 7.81. The smallest absolute Gasteiger partial charge is 0.343 e. The third kappa shape index (κ3) is 11.8. The normalized spacial score (nSPS) is 20.6. The van der Waals surface area contributed by atoms with Gasteiger partial charge in [0.1, 0.15) is 17.2 Å². The molecule has 0 aromatic heterocycles. The van der Waals surface area contributed by atoms with Crippen molar-refractivity contribution in [1.29, 1.82) is 0 Å². The van der Waals surface area contributed by atoms with Crippen LogP contribution in [0.5, 0.6) is 17.2 Å². The van der Waals surface area contributed by atoms with Crippen LogP contribution in [0.15, 0.2) is 85.5 Å². The van der Waals surface area contributed by atoms with Crippen LogP contribution >= 0.6 is 0 Å². The number of carbonyl (C=O) groups excluding carboxylic acids is 2. The lowest BCUT2D eigenvalue weighted by molar-refractivity contribution is -0.137. The highest BCUT2D eigenvalue weighted by molar-refractivity contribution is 5.91. The predicted octanol–water partition coefficient (Wildman–Crippen LogP) is 10.4. The zero-order valence-corrected chi connectivity index (χ0v) is 30.4. The Morgan fingerprint density at radius 3 is 2.00 bits per heavy atom. The van der Waals surface area contributed by atoms with Crippen molar-refractivity contribution in [2.24, 2.45) is 23.7 Å². The van der Waals surface area contributed by atoms with Crippen molar-refractivity contribution in [2.75, 3.05) is 20.3 Å². The van der Waals surface area contributed by atoms with Gasteiger partial charge < -0.3 is 18.9 Å². The summed E-state index contributed by atoms with van der Waals surface area (Å²) in [6.45, 7) is 6.33. The zero-order chi connectivity index (χ0) is 35.8. The molecule has 270 valence electrons. The molecule has 0 heterocycles. The molecule has 2 aliphatic carbocycles. The van der Waals surface area contributed by atoms with Gasteiger partial charge in [-0.2, -0.15) is 0 Å². The quantitative estimate of drug-likeness (QED) is 0.0520. The first-order valence-electron chi connectivity index (χ1n) is 18.9. The number of benzene rings is 3. The molecule has 0 bridgehead atoms. The summed E-state index contributed by atoms with van der Waals surface area (Å²) in [6.07, 6.45) is 16.5. The molecule has 0 saturated heterocycles. The van der Waals surface area contributed by atoms with E-state index in [-0.39, 0.29) is 12.5 Å². The second-order valence-corrected chi connectivity index (χ2v) is 14.2. The molecule has 2 fully saturated rings. The van der Waals surface area contributed by atoms with Crippen LogP contribution in [0.3, 0.4) is 0 Å². The Morgan fingerprint density at radius 1 is 0.784 bits per heavy atom. The topological polar surface area (TPSA) is 71.1 Å². The van der Waals surface area contributed by atoms with Crippen molar-refractivity contribution < 1.29 is 28.5 Å². The fraction of sp³-hybridized carbons (Fsp3) is 0.467. The van der Waals surface area contributed by atoms with Crippen LogP contribution in [0.4, 0.5) is 0 Å². The second kappa shape index (κ2) is 19.8. The number of hydrogen-bond donors (Lipinski definition) is 0. The molecule has 5 rings (SSSR count). The third-order valence-corrected chi connectivity index (χ3v) is 10.7. The maximum Gasteiger partial charge on any atom is 0.343 e. The molecular formula is C45H54O6. The first-order chi connectivity index (χ1) is 24.9. The maximum absolute atomic E-state index is 12.9. The highest BCUT2D eigenvalue weighted by Gasteiger charge is 2.31. The highest BCUT2D eigenvalue weighted by atomic mass is 16.5. The summed E-state index contributed by atoms with van der Waals surface area (Å²) in [5.74, 6) is 11.6. The van der Waals surface area contributed by atoms with E-state index in [0.717, 1.165) is 47.1 Å². The lowest BCUT2D eigenvalue weighted by Gasteiger charge is -2.38. The standard InChI is InChI=1S/C45H54O6/c1-4-7-33-8-15-36(16-9-33)37-17-11-35(12-18-37)32-40(19-10-34-13-24-41(48-3)25-14-34)38-20-28-43(29-21-38)51-45(47)39-22-26-42(27-23-39)49-30-6-31-50-44(46)5-2/h5,13-14,20-29,33,35-37,40H,2,4,6-9,11-12,15-18,30-32H2,1,3H3. The van der Waals surface area contributed by atoms with Crippen molar-refractivity contribution in [1.82, 2.24) is 0 Å². The van der Waals surface area contributed by atoms with Crippen LogP contribution in [0.2, 0.25) is 0 Å². The molecule has 0 spiro atoms. The molecule has 1 unspecified atom stereocenters. The van der Waals surface area contributed by atoms with Crippen LogP contribution in [-0.4, -0.2) is 32.3 Å². The predicted molar refractivity (Wildman–Crippen MR) is 202 cm³/mol. The lowest BCUT2D eigenvalue weighted by Crippen LogP contribution is -2.26. The van der Waals surface area contributed by atoms with Gasteiger partial charge in [0.25, 0.3) is 0 Å². The Hall–Kier alpha value is -4.50. The van der Waals surface area contributed by atoms with E-state index in [9.17, 15) is 9.59 Å². The van der Waals surface area contributed by atoms with Gasteiger partial charge in [0.05, 0.1) is 25.9 Å². The molecular weight excluding hydrogens is 636 g/mol. The third-order valence-electron chi connectivity index (χ3n) is 10.7. The van der Waals surface area contributed by atoms with Crippen molar-refractivity contribution >= 4 is 11.9 Å². The molecule has 1 atom stereocenters. The van der Waals surface area contributed by atoms with Crippen LogP contribution in [0, 0.1) is 35.5 Å². The van der Waals surface area contributed by atoms with Crippen LogP contribution < -0.4 is 14.2 Å². The largest absolute Gasteiger partial charge is 0.497 e. The van der Waals surface area contributed by atoms with Gasteiger partial charge in [-0.1, -0.05) is 76.0 Å². The van der Waals surface area contributed by atoms with E-state index in [1.54, 1.807) is 31.4 Å². The average Bonchev–Trinajstić information content (AvgIpc) is 3.17. The van der Waals surface area contributed by atoms with Gasteiger partial charge in [-0.15, -0.1) is 0 Å². The SMILES string of the molecule is C=CC(=O)OCCCOc1ccc(C(=O)Oc2ccc(C(C#Cc3ccc(OC)cc3)CC3CCC(C4CCC(CCC)CC4)CC3)cc2)cc1. The Bertz CT molecular complexity index is 1580. The van der Waals surface area contributed by atoms with Gasteiger partial charge >= 0.3 is 11.9 Å². The summed E-state index contributed by atoms with van der Waals surface area (Å²) in [6, 6.07) is 22.6. The molecule has 2 saturated carbocycles. The maximum atomic E-state index is 12.9. The average molecular weight is 691 g/mol. The number of esters is 2. The molecule has 6 heteroatoms. The van der Waals surface area contributed by atoms with Crippen LogP contribution in [-0.2, 0) is 9.53 Å². The summed E-state index contributed by atoms with van der Waals surface area (Å²) in [7, 11) is 1.67. The summed E-state index contributed by atoms with van der Waals surface area (Å²) in [4.78, 5) is 24.1. The van der Waals surface area contributed by atoms with E-state index in [4.69, 9.17) is 18.9 Å². The monoisotopic (exact) mass is 690 g/mol. The zero-order valence-electron chi connectivity index (χ0n) is 30.4. The Labute approximate surface area is 304 Å². The Kier molecular flexibility index (Phi) is 14.6. The summed E-state index contributed by atoms with van der Waals surface area (Å²) in [5, 5.41) is 0. The second-order valence-electron chi connectivity index (χ2n) is 14.2. The van der Waals surface area contributed by atoms with E-state index in [0.29, 0.717) is 36.0 Å². The Morgan fingerprint density at radius 2 is 1.39 bits per heavy atom. The fourth-order valence-electron chi connectivity index (χ4n) is 7.81. The van der Waals surface area contributed by atoms with E-state index >= 15 is 0 Å². The minimum Gasteiger partial charge on any atom is -0.497 e. The Balaban J connectivity index is 1.17. The van der Waals surface area contributed by atoms with E-state index < -0.39 is 11.9 Å². The van der Waals surface area contributed by atoms with Crippen LogP contribution in [0.1, 0.15) is 111 Å². The van der Waals surface area contributed by atoms with Gasteiger partial charge in [-0.05, 0) is 122 Å². The van der Waals surface area contributed by atoms with E-state index in [1.165, 1.54) is 64.2 Å². The highest BCUT2D eigenvalue weighted by Crippen LogP contribution is 2.44. The summed E-state index contributed by atoms with van der Waals surface area (Å²) < 4.78 is 21.7. The lowest BCUT2D eigenvalue weighted by atomic mass is 9.67. The van der Waals surface area contributed by atoms with Crippen molar-refractivity contribution in [2.45, 2.75) is 89.9 Å². The van der Waals surface area contributed by atoms with Crippen molar-refractivity contribution in [3.05, 3.63) is 102 Å². The molecule has 0 radical (unpaired) electrons.